The molecule has 0 aliphatic heterocycles. The molecule has 1 saturated carbocycles. The van der Waals surface area contributed by atoms with Gasteiger partial charge in [0, 0.05) is 24.4 Å². The van der Waals surface area contributed by atoms with E-state index in [0.29, 0.717) is 6.04 Å². The van der Waals surface area contributed by atoms with Crippen molar-refractivity contribution >= 4 is 0 Å². The number of aromatic nitrogens is 1. The number of likely N-dealkylation sites (N-methyl/N-ethyl adjacent to an activating group) is 1. The van der Waals surface area contributed by atoms with Crippen LogP contribution in [0.3, 0.4) is 0 Å². The van der Waals surface area contributed by atoms with Gasteiger partial charge < -0.3 is 5.32 Å². The third-order valence-electron chi connectivity index (χ3n) is 4.32. The Morgan fingerprint density at radius 3 is 2.74 bits per heavy atom. The maximum atomic E-state index is 4.54. The minimum absolute atomic E-state index is 0.598. The number of nitrogens with one attached hydrogen (secondary N) is 1. The number of pyridine rings is 1. The lowest BCUT2D eigenvalue weighted by atomic mass is 9.96. The van der Waals surface area contributed by atoms with Crippen LogP contribution in [0.2, 0.25) is 0 Å². The first-order valence-corrected chi connectivity index (χ1v) is 7.93. The third kappa shape index (κ3) is 4.94. The maximum absolute atomic E-state index is 4.54. The standard InChI is InChI=1S/C17H28N2/c1-3-18-16(11-9-15-6-4-5-7-15)12-17-10-8-14(2)13-19-17/h8,10,13,15-16,18H,3-7,9,11-12H2,1-2H3. The molecule has 0 saturated heterocycles. The van der Waals surface area contributed by atoms with Gasteiger partial charge in [-0.3, -0.25) is 4.98 Å². The fraction of sp³-hybridized carbons (Fsp3) is 0.706. The molecule has 0 bridgehead atoms. The van der Waals surface area contributed by atoms with Crippen molar-refractivity contribution in [2.45, 2.75) is 64.8 Å². The van der Waals surface area contributed by atoms with Gasteiger partial charge in [0.15, 0.2) is 0 Å². The monoisotopic (exact) mass is 260 g/mol. The Balaban J connectivity index is 1.82. The Morgan fingerprint density at radius 2 is 2.11 bits per heavy atom. The van der Waals surface area contributed by atoms with Crippen molar-refractivity contribution in [1.29, 1.82) is 0 Å². The van der Waals surface area contributed by atoms with Crippen LogP contribution in [0.15, 0.2) is 18.3 Å². The second-order valence-corrected chi connectivity index (χ2v) is 6.01. The first-order chi connectivity index (χ1) is 9.28. The average molecular weight is 260 g/mol. The average Bonchev–Trinajstić information content (AvgIpc) is 2.92. The van der Waals surface area contributed by atoms with E-state index in [4.69, 9.17) is 0 Å². The van der Waals surface area contributed by atoms with Crippen LogP contribution in [0.5, 0.6) is 0 Å². The summed E-state index contributed by atoms with van der Waals surface area (Å²) in [7, 11) is 0. The minimum Gasteiger partial charge on any atom is -0.314 e. The highest BCUT2D eigenvalue weighted by Crippen LogP contribution is 2.29. The number of aryl methyl sites for hydroxylation is 1. The normalized spacial score (nSPS) is 17.8. The topological polar surface area (TPSA) is 24.9 Å². The Hall–Kier alpha value is -0.890. The quantitative estimate of drug-likeness (QED) is 0.804. The number of hydrogen-bond acceptors (Lipinski definition) is 2. The van der Waals surface area contributed by atoms with Gasteiger partial charge in [0.1, 0.15) is 0 Å². The molecular formula is C17H28N2. The summed E-state index contributed by atoms with van der Waals surface area (Å²) in [6, 6.07) is 4.94. The molecule has 2 nitrogen and oxygen atoms in total. The SMILES string of the molecule is CCNC(CCC1CCCC1)Cc1ccc(C)cn1. The van der Waals surface area contributed by atoms with Crippen LogP contribution < -0.4 is 5.32 Å². The molecule has 1 N–H and O–H groups in total. The highest BCUT2D eigenvalue weighted by molar-refractivity contribution is 5.13. The second kappa shape index (κ2) is 7.64. The van der Waals surface area contributed by atoms with Crippen molar-refractivity contribution in [3.05, 3.63) is 29.6 Å². The minimum atomic E-state index is 0.598. The zero-order valence-electron chi connectivity index (χ0n) is 12.5. The molecule has 0 aromatic carbocycles. The van der Waals surface area contributed by atoms with Crippen LogP contribution >= 0.6 is 0 Å². The summed E-state index contributed by atoms with van der Waals surface area (Å²) < 4.78 is 0. The fourth-order valence-electron chi connectivity index (χ4n) is 3.17. The van der Waals surface area contributed by atoms with E-state index in [1.807, 2.05) is 6.20 Å². The summed E-state index contributed by atoms with van der Waals surface area (Å²) in [5.74, 6) is 0.993. The van der Waals surface area contributed by atoms with E-state index in [2.05, 4.69) is 36.3 Å². The van der Waals surface area contributed by atoms with E-state index in [0.717, 1.165) is 18.9 Å². The van der Waals surface area contributed by atoms with Crippen LogP contribution in [0, 0.1) is 12.8 Å². The fourth-order valence-corrected chi connectivity index (χ4v) is 3.17. The molecule has 106 valence electrons. The van der Waals surface area contributed by atoms with Crippen LogP contribution in [0.25, 0.3) is 0 Å². The lowest BCUT2D eigenvalue weighted by molar-refractivity contribution is 0.405. The van der Waals surface area contributed by atoms with Gasteiger partial charge in [-0.05, 0) is 43.9 Å². The van der Waals surface area contributed by atoms with Crippen molar-refractivity contribution < 1.29 is 0 Å². The van der Waals surface area contributed by atoms with Gasteiger partial charge in [-0.25, -0.2) is 0 Å². The van der Waals surface area contributed by atoms with Crippen molar-refractivity contribution in [1.82, 2.24) is 10.3 Å². The van der Waals surface area contributed by atoms with E-state index in [1.54, 1.807) is 0 Å². The molecule has 1 heterocycles. The molecule has 19 heavy (non-hydrogen) atoms. The molecule has 1 unspecified atom stereocenters. The number of nitrogens with zero attached hydrogens (tertiary/aromatic N) is 1. The lowest BCUT2D eigenvalue weighted by Gasteiger charge is -2.19. The van der Waals surface area contributed by atoms with Crippen molar-refractivity contribution in [3.8, 4) is 0 Å². The third-order valence-corrected chi connectivity index (χ3v) is 4.32. The smallest absolute Gasteiger partial charge is 0.0419 e. The largest absolute Gasteiger partial charge is 0.314 e. The van der Waals surface area contributed by atoms with Crippen molar-refractivity contribution in [2.75, 3.05) is 6.54 Å². The van der Waals surface area contributed by atoms with Crippen LogP contribution in [0.1, 0.15) is 56.7 Å². The Bertz CT molecular complexity index is 352. The maximum Gasteiger partial charge on any atom is 0.0419 e. The van der Waals surface area contributed by atoms with Crippen LogP contribution in [-0.4, -0.2) is 17.6 Å². The molecule has 1 aromatic rings. The van der Waals surface area contributed by atoms with Crippen LogP contribution in [-0.2, 0) is 6.42 Å². The molecule has 0 spiro atoms. The van der Waals surface area contributed by atoms with Gasteiger partial charge in [-0.2, -0.15) is 0 Å². The highest BCUT2D eigenvalue weighted by atomic mass is 14.9. The molecule has 1 aliphatic rings. The van der Waals surface area contributed by atoms with E-state index < -0.39 is 0 Å². The van der Waals surface area contributed by atoms with Gasteiger partial charge in [-0.15, -0.1) is 0 Å². The lowest BCUT2D eigenvalue weighted by Crippen LogP contribution is -2.31. The van der Waals surface area contributed by atoms with E-state index in [-0.39, 0.29) is 0 Å². The predicted octanol–water partition coefficient (Wildman–Crippen LogP) is 3.88. The Kier molecular flexibility index (Phi) is 5.84. The molecule has 1 aliphatic carbocycles. The first-order valence-electron chi connectivity index (χ1n) is 7.93. The van der Waals surface area contributed by atoms with Crippen LogP contribution in [0.4, 0.5) is 0 Å². The summed E-state index contributed by atoms with van der Waals surface area (Å²) in [5, 5.41) is 3.63. The zero-order chi connectivity index (χ0) is 13.5. The molecule has 1 fully saturated rings. The number of hydrogen-bond donors (Lipinski definition) is 1. The predicted molar refractivity (Wildman–Crippen MR) is 81.3 cm³/mol. The first kappa shape index (κ1) is 14.5. The van der Waals surface area contributed by atoms with E-state index in [1.165, 1.54) is 49.8 Å². The Labute approximate surface area is 118 Å². The van der Waals surface area contributed by atoms with Gasteiger partial charge >= 0.3 is 0 Å². The van der Waals surface area contributed by atoms with Crippen molar-refractivity contribution in [3.63, 3.8) is 0 Å². The summed E-state index contributed by atoms with van der Waals surface area (Å²) in [5.41, 5.74) is 2.47. The van der Waals surface area contributed by atoms with Crippen molar-refractivity contribution in [2.24, 2.45) is 5.92 Å². The molecule has 0 radical (unpaired) electrons. The van der Waals surface area contributed by atoms with E-state index >= 15 is 0 Å². The second-order valence-electron chi connectivity index (χ2n) is 6.01. The van der Waals surface area contributed by atoms with Gasteiger partial charge in [0.2, 0.25) is 0 Å². The molecule has 1 aromatic heterocycles. The van der Waals surface area contributed by atoms with E-state index in [9.17, 15) is 0 Å². The Morgan fingerprint density at radius 1 is 1.32 bits per heavy atom. The molecule has 2 rings (SSSR count). The summed E-state index contributed by atoms with van der Waals surface area (Å²) in [6.07, 6.45) is 11.6. The summed E-state index contributed by atoms with van der Waals surface area (Å²) in [4.78, 5) is 4.54. The zero-order valence-corrected chi connectivity index (χ0v) is 12.5. The molecule has 2 heteroatoms. The van der Waals surface area contributed by atoms with Gasteiger partial charge in [0.05, 0.1) is 0 Å². The summed E-state index contributed by atoms with van der Waals surface area (Å²) >= 11 is 0. The van der Waals surface area contributed by atoms with Gasteiger partial charge in [-0.1, -0.05) is 38.7 Å². The molecule has 1 atom stereocenters. The summed E-state index contributed by atoms with van der Waals surface area (Å²) in [6.45, 7) is 5.35. The molecular weight excluding hydrogens is 232 g/mol. The number of rotatable bonds is 7. The van der Waals surface area contributed by atoms with Gasteiger partial charge in [0.25, 0.3) is 0 Å². The highest BCUT2D eigenvalue weighted by Gasteiger charge is 2.17. The molecule has 0 amide bonds.